The number of hydrogen-bond acceptors (Lipinski definition) is 6. The van der Waals surface area contributed by atoms with E-state index in [4.69, 9.17) is 32.8 Å². The van der Waals surface area contributed by atoms with Crippen LogP contribution in [0.15, 0.2) is 57.0 Å². The zero-order valence-corrected chi connectivity index (χ0v) is 15.7. The number of halogens is 2. The van der Waals surface area contributed by atoms with Gasteiger partial charge in [0.15, 0.2) is 0 Å². The maximum atomic E-state index is 12.0. The van der Waals surface area contributed by atoms with Gasteiger partial charge >= 0.3 is 0 Å². The number of hydrogen-bond donors (Lipinski definition) is 1. The van der Waals surface area contributed by atoms with E-state index in [2.05, 4.69) is 10.2 Å². The molecule has 25 heavy (non-hydrogen) atoms. The molecule has 0 aliphatic rings. The largest absolute Gasteiger partial charge is 0.423 e. The number of aromatic nitrogens is 2. The number of rotatable bonds is 5. The minimum atomic E-state index is -3.97. The first-order valence-electron chi connectivity index (χ1n) is 6.85. The Balaban J connectivity index is 1.98. The molecule has 0 spiro atoms. The molecule has 0 aliphatic carbocycles. The summed E-state index contributed by atoms with van der Waals surface area (Å²) in [6.07, 6.45) is 1.13. The third-order valence-corrected chi connectivity index (χ3v) is 6.01. The van der Waals surface area contributed by atoms with Gasteiger partial charge in [-0.25, -0.2) is 13.6 Å². The second kappa shape index (κ2) is 7.35. The first-order chi connectivity index (χ1) is 11.8. The van der Waals surface area contributed by atoms with Gasteiger partial charge in [-0.05, 0) is 29.8 Å². The van der Waals surface area contributed by atoms with Crippen LogP contribution in [-0.4, -0.2) is 18.6 Å². The summed E-state index contributed by atoms with van der Waals surface area (Å²) in [5, 5.41) is 13.6. The van der Waals surface area contributed by atoms with E-state index >= 15 is 0 Å². The van der Waals surface area contributed by atoms with Crippen LogP contribution in [0.4, 0.5) is 0 Å². The molecule has 3 rings (SSSR count). The molecule has 0 fully saturated rings. The van der Waals surface area contributed by atoms with Crippen LogP contribution in [0.3, 0.4) is 0 Å². The van der Waals surface area contributed by atoms with E-state index in [0.29, 0.717) is 21.2 Å². The fourth-order valence-corrected chi connectivity index (χ4v) is 4.57. The van der Waals surface area contributed by atoms with E-state index in [9.17, 15) is 8.42 Å². The van der Waals surface area contributed by atoms with E-state index in [1.807, 2.05) is 12.1 Å². The predicted octanol–water partition coefficient (Wildman–Crippen LogP) is 3.98. The smallest absolute Gasteiger partial charge is 0.248 e. The summed E-state index contributed by atoms with van der Waals surface area (Å²) >= 11 is 13.4. The molecule has 0 atom stereocenters. The summed E-state index contributed by atoms with van der Waals surface area (Å²) in [5.74, 6) is 0.639. The lowest BCUT2D eigenvalue weighted by Gasteiger charge is -2.11. The summed E-state index contributed by atoms with van der Waals surface area (Å²) in [4.78, 5) is 0.384. The Kier molecular flexibility index (Phi) is 5.35. The van der Waals surface area contributed by atoms with Gasteiger partial charge in [0.1, 0.15) is 0 Å². The van der Waals surface area contributed by atoms with Gasteiger partial charge in [-0.3, -0.25) is 0 Å². The van der Waals surface area contributed by atoms with Gasteiger partial charge in [-0.2, -0.15) is 0 Å². The number of primary sulfonamides is 1. The maximum Gasteiger partial charge on any atom is 0.248 e. The number of benzene rings is 2. The van der Waals surface area contributed by atoms with Crippen molar-refractivity contribution in [3.63, 3.8) is 0 Å². The SMILES string of the molecule is NS(=O)(=O)c1cc(-c2nnco2)c(Cl)cc1SCc1ccc(Cl)cc1. The maximum absolute atomic E-state index is 12.0. The summed E-state index contributed by atoms with van der Waals surface area (Å²) < 4.78 is 29.0. The van der Waals surface area contributed by atoms with Crippen molar-refractivity contribution in [3.8, 4) is 11.5 Å². The number of nitrogens with two attached hydrogens (primary N) is 1. The average molecular weight is 416 g/mol. The fourth-order valence-electron chi connectivity index (χ4n) is 2.07. The molecular formula is C15H11Cl2N3O3S2. The third-order valence-electron chi connectivity index (χ3n) is 3.24. The molecule has 2 N–H and O–H groups in total. The molecular weight excluding hydrogens is 405 g/mol. The molecule has 0 saturated carbocycles. The number of sulfonamides is 1. The molecule has 0 radical (unpaired) electrons. The third kappa shape index (κ3) is 4.34. The van der Waals surface area contributed by atoms with E-state index in [0.717, 1.165) is 12.0 Å². The highest BCUT2D eigenvalue weighted by Crippen LogP contribution is 2.37. The quantitative estimate of drug-likeness (QED) is 0.632. The monoisotopic (exact) mass is 415 g/mol. The lowest BCUT2D eigenvalue weighted by molar-refractivity contribution is 0.568. The van der Waals surface area contributed by atoms with Crippen molar-refractivity contribution in [2.24, 2.45) is 5.14 Å². The van der Waals surface area contributed by atoms with Crippen LogP contribution >= 0.6 is 35.0 Å². The summed E-state index contributed by atoms with van der Waals surface area (Å²) in [5.41, 5.74) is 1.28. The fraction of sp³-hybridized carbons (Fsp3) is 0.0667. The Labute approximate surface area is 158 Å². The van der Waals surface area contributed by atoms with Crippen LogP contribution < -0.4 is 5.14 Å². The van der Waals surface area contributed by atoms with E-state index in [1.54, 1.807) is 12.1 Å². The van der Waals surface area contributed by atoms with Gasteiger partial charge in [-0.1, -0.05) is 35.3 Å². The highest BCUT2D eigenvalue weighted by Gasteiger charge is 2.20. The summed E-state index contributed by atoms with van der Waals surface area (Å²) in [7, 11) is -3.97. The Bertz CT molecular complexity index is 992. The standard InChI is InChI=1S/C15H11Cl2N3O3S2/c16-10-3-1-9(2-4-10)7-24-13-6-12(17)11(15-20-19-8-23-15)5-14(13)25(18,21)22/h1-6,8H,7H2,(H2,18,21,22). The molecule has 0 amide bonds. The first-order valence-corrected chi connectivity index (χ1v) is 10.1. The molecule has 1 aromatic heterocycles. The van der Waals surface area contributed by atoms with Crippen molar-refractivity contribution in [3.05, 3.63) is 58.4 Å². The molecule has 0 unspecified atom stereocenters. The van der Waals surface area contributed by atoms with Crippen molar-refractivity contribution in [2.75, 3.05) is 0 Å². The Morgan fingerprint density at radius 1 is 1.16 bits per heavy atom. The average Bonchev–Trinajstić information content (AvgIpc) is 3.07. The van der Waals surface area contributed by atoms with Crippen LogP contribution in [0.25, 0.3) is 11.5 Å². The molecule has 0 saturated heterocycles. The Morgan fingerprint density at radius 2 is 1.88 bits per heavy atom. The number of nitrogens with zero attached hydrogens (tertiary/aromatic N) is 2. The van der Waals surface area contributed by atoms with Gasteiger partial charge < -0.3 is 4.42 Å². The lowest BCUT2D eigenvalue weighted by atomic mass is 10.2. The zero-order valence-electron chi connectivity index (χ0n) is 12.5. The zero-order chi connectivity index (χ0) is 18.0. The van der Waals surface area contributed by atoms with Crippen molar-refractivity contribution in [2.45, 2.75) is 15.5 Å². The summed E-state index contributed by atoms with van der Waals surface area (Å²) in [6, 6.07) is 10.1. The summed E-state index contributed by atoms with van der Waals surface area (Å²) in [6.45, 7) is 0. The van der Waals surface area contributed by atoms with Gasteiger partial charge in [-0.15, -0.1) is 22.0 Å². The molecule has 3 aromatic rings. The molecule has 0 bridgehead atoms. The Morgan fingerprint density at radius 3 is 2.48 bits per heavy atom. The minimum Gasteiger partial charge on any atom is -0.423 e. The van der Waals surface area contributed by atoms with Gasteiger partial charge in [0.05, 0.1) is 15.5 Å². The van der Waals surface area contributed by atoms with Gasteiger partial charge in [0.2, 0.25) is 22.3 Å². The van der Waals surface area contributed by atoms with Crippen LogP contribution in [0.1, 0.15) is 5.56 Å². The first kappa shape index (κ1) is 18.2. The minimum absolute atomic E-state index is 0.0518. The van der Waals surface area contributed by atoms with Crippen molar-refractivity contribution in [1.29, 1.82) is 0 Å². The van der Waals surface area contributed by atoms with Gasteiger partial charge in [0.25, 0.3) is 0 Å². The van der Waals surface area contributed by atoms with Crippen molar-refractivity contribution >= 4 is 45.0 Å². The number of thioether (sulfide) groups is 1. The van der Waals surface area contributed by atoms with Crippen molar-refractivity contribution in [1.82, 2.24) is 10.2 Å². The normalized spacial score (nSPS) is 11.6. The highest BCUT2D eigenvalue weighted by atomic mass is 35.5. The van der Waals surface area contributed by atoms with Crippen LogP contribution in [0.5, 0.6) is 0 Å². The van der Waals surface area contributed by atoms with Crippen LogP contribution in [0.2, 0.25) is 10.0 Å². The van der Waals surface area contributed by atoms with E-state index in [-0.39, 0.29) is 15.8 Å². The Hall–Kier alpha value is -1.58. The predicted molar refractivity (Wildman–Crippen MR) is 97.1 cm³/mol. The molecule has 1 heterocycles. The molecule has 10 heteroatoms. The topological polar surface area (TPSA) is 99.1 Å². The van der Waals surface area contributed by atoms with Crippen LogP contribution in [0, 0.1) is 0 Å². The highest BCUT2D eigenvalue weighted by molar-refractivity contribution is 7.99. The van der Waals surface area contributed by atoms with Gasteiger partial charge in [0, 0.05) is 15.7 Å². The molecule has 2 aromatic carbocycles. The van der Waals surface area contributed by atoms with E-state index in [1.165, 1.54) is 23.9 Å². The molecule has 130 valence electrons. The lowest BCUT2D eigenvalue weighted by Crippen LogP contribution is -2.13. The second-order valence-electron chi connectivity index (χ2n) is 4.98. The second-order valence-corrected chi connectivity index (χ2v) is 8.37. The van der Waals surface area contributed by atoms with E-state index < -0.39 is 10.0 Å². The molecule has 0 aliphatic heterocycles. The van der Waals surface area contributed by atoms with Crippen molar-refractivity contribution < 1.29 is 12.8 Å². The van der Waals surface area contributed by atoms with Crippen LogP contribution in [-0.2, 0) is 15.8 Å². The molecule has 6 nitrogen and oxygen atoms in total.